The van der Waals surface area contributed by atoms with Crippen molar-refractivity contribution >= 4 is 34.4 Å². The van der Waals surface area contributed by atoms with Crippen LogP contribution in [0.1, 0.15) is 92.2 Å². The zero-order valence-corrected chi connectivity index (χ0v) is 19.9. The number of carbonyl (C=O) groups is 4. The minimum atomic E-state index is -1.40. The van der Waals surface area contributed by atoms with Crippen LogP contribution in [-0.2, 0) is 9.47 Å². The smallest absolute Gasteiger partial charge is 0.339 e. The van der Waals surface area contributed by atoms with Gasteiger partial charge in [-0.05, 0) is 55.7 Å². The van der Waals surface area contributed by atoms with Crippen LogP contribution in [0.5, 0.6) is 5.75 Å². The second-order valence-electron chi connectivity index (χ2n) is 8.55. The summed E-state index contributed by atoms with van der Waals surface area (Å²) < 4.78 is 10.1. The van der Waals surface area contributed by atoms with E-state index in [-0.39, 0.29) is 52.8 Å². The van der Waals surface area contributed by atoms with Crippen LogP contribution in [0.4, 0.5) is 0 Å². The molecule has 0 aliphatic heterocycles. The Morgan fingerprint density at radius 3 is 1.94 bits per heavy atom. The van der Waals surface area contributed by atoms with Gasteiger partial charge in [-0.25, -0.2) is 14.6 Å². The van der Waals surface area contributed by atoms with E-state index >= 15 is 0 Å². The number of hydrogen-bond donors (Lipinski definition) is 1. The molecule has 8 nitrogen and oxygen atoms in total. The zero-order chi connectivity index (χ0) is 25.4. The summed E-state index contributed by atoms with van der Waals surface area (Å²) >= 11 is 0. The van der Waals surface area contributed by atoms with Crippen LogP contribution >= 0.6 is 0 Å². The number of benzene rings is 2. The highest BCUT2D eigenvalue weighted by atomic mass is 16.5. The fourth-order valence-electron chi connectivity index (χ4n) is 4.21. The van der Waals surface area contributed by atoms with Gasteiger partial charge >= 0.3 is 11.9 Å². The van der Waals surface area contributed by atoms with Crippen molar-refractivity contribution in [2.24, 2.45) is 0 Å². The number of Topliss-reactive ketones (excluding diaryl/α,β-unsaturated/α-hetero) is 2. The Morgan fingerprint density at radius 2 is 1.46 bits per heavy atom. The van der Waals surface area contributed by atoms with E-state index in [1.807, 2.05) is 26.0 Å². The van der Waals surface area contributed by atoms with Crippen molar-refractivity contribution in [3.8, 4) is 5.75 Å². The van der Waals surface area contributed by atoms with Crippen molar-refractivity contribution < 1.29 is 33.8 Å². The standard InChI is InChI=1S/C27H25NO7/c1-5-34-26(32)18-11-16-17(12-19(18)27(33)35-6-2)25(31)22(24(16)30)23-21(29)10-15-9-14(13(3)4)7-8-20(15)28-23/h7-13,22,29H,5-6H2,1-4H3. The fourth-order valence-corrected chi connectivity index (χ4v) is 4.21. The Bertz CT molecular complexity index is 1330. The van der Waals surface area contributed by atoms with E-state index in [9.17, 15) is 24.3 Å². The molecule has 1 N–H and O–H groups in total. The van der Waals surface area contributed by atoms with E-state index in [4.69, 9.17) is 9.47 Å². The number of nitrogens with zero attached hydrogens (tertiary/aromatic N) is 1. The highest BCUT2D eigenvalue weighted by Gasteiger charge is 2.43. The van der Waals surface area contributed by atoms with E-state index < -0.39 is 29.4 Å². The van der Waals surface area contributed by atoms with Gasteiger partial charge < -0.3 is 14.6 Å². The number of ether oxygens (including phenoxy) is 2. The predicted molar refractivity (Wildman–Crippen MR) is 127 cm³/mol. The van der Waals surface area contributed by atoms with Crippen molar-refractivity contribution in [3.05, 3.63) is 69.9 Å². The lowest BCUT2D eigenvalue weighted by Crippen LogP contribution is -2.15. The maximum atomic E-state index is 13.3. The molecule has 0 saturated carbocycles. The van der Waals surface area contributed by atoms with Gasteiger partial charge in [0.1, 0.15) is 17.4 Å². The number of aromatic hydroxyl groups is 1. The van der Waals surface area contributed by atoms with Gasteiger partial charge in [0.05, 0.1) is 29.9 Å². The second-order valence-corrected chi connectivity index (χ2v) is 8.55. The third kappa shape index (κ3) is 4.16. The quantitative estimate of drug-likeness (QED) is 0.406. The molecule has 1 aliphatic carbocycles. The maximum absolute atomic E-state index is 13.3. The minimum absolute atomic E-state index is 0.0347. The third-order valence-electron chi connectivity index (χ3n) is 5.99. The molecule has 0 radical (unpaired) electrons. The highest BCUT2D eigenvalue weighted by Crippen LogP contribution is 2.39. The van der Waals surface area contributed by atoms with E-state index in [2.05, 4.69) is 4.98 Å². The summed E-state index contributed by atoms with van der Waals surface area (Å²) in [7, 11) is 0. The van der Waals surface area contributed by atoms with Crippen LogP contribution in [-0.4, -0.2) is 46.8 Å². The molecule has 180 valence electrons. The number of carbonyl (C=O) groups excluding carboxylic acids is 4. The summed E-state index contributed by atoms with van der Waals surface area (Å²) in [6.07, 6.45) is 0. The van der Waals surface area contributed by atoms with Crippen LogP contribution in [0.25, 0.3) is 10.9 Å². The predicted octanol–water partition coefficient (Wildman–Crippen LogP) is 4.58. The Hall–Kier alpha value is -4.07. The molecule has 0 atom stereocenters. The number of ketones is 2. The lowest BCUT2D eigenvalue weighted by atomic mass is 9.96. The highest BCUT2D eigenvalue weighted by molar-refractivity contribution is 6.30. The van der Waals surface area contributed by atoms with Crippen molar-refractivity contribution in [2.45, 2.75) is 39.5 Å². The third-order valence-corrected chi connectivity index (χ3v) is 5.99. The molecule has 3 aromatic rings. The molecule has 8 heteroatoms. The first kappa shape index (κ1) is 24.1. The zero-order valence-electron chi connectivity index (χ0n) is 19.9. The number of rotatable bonds is 6. The van der Waals surface area contributed by atoms with Gasteiger partial charge in [0.15, 0.2) is 11.6 Å². The Balaban J connectivity index is 1.83. The SMILES string of the molecule is CCOC(=O)c1cc2c(cc1C(=O)OCC)C(=O)C(c1nc3ccc(C(C)C)cc3cc1O)C2=O. The topological polar surface area (TPSA) is 120 Å². The van der Waals surface area contributed by atoms with E-state index in [0.29, 0.717) is 10.9 Å². The number of pyridine rings is 1. The van der Waals surface area contributed by atoms with Gasteiger partial charge in [0.2, 0.25) is 0 Å². The molecule has 2 aromatic carbocycles. The molecule has 0 fully saturated rings. The van der Waals surface area contributed by atoms with Gasteiger partial charge in [-0.1, -0.05) is 19.9 Å². The number of fused-ring (bicyclic) bond motifs is 2. The molecule has 0 saturated heterocycles. The fraction of sp³-hybridized carbons (Fsp3) is 0.296. The molecule has 0 unspecified atom stereocenters. The molecule has 35 heavy (non-hydrogen) atoms. The summed E-state index contributed by atoms with van der Waals surface area (Å²) in [6.45, 7) is 7.43. The Kier molecular flexibility index (Phi) is 6.39. The second kappa shape index (κ2) is 9.29. The van der Waals surface area contributed by atoms with Gasteiger partial charge in [-0.15, -0.1) is 0 Å². The first-order valence-electron chi connectivity index (χ1n) is 11.4. The van der Waals surface area contributed by atoms with Gasteiger partial charge in [0, 0.05) is 16.5 Å². The summed E-state index contributed by atoms with van der Waals surface area (Å²) in [4.78, 5) is 56.1. The monoisotopic (exact) mass is 475 g/mol. The average molecular weight is 475 g/mol. The molecule has 1 heterocycles. The van der Waals surface area contributed by atoms with E-state index in [0.717, 1.165) is 5.56 Å². The van der Waals surface area contributed by atoms with Crippen LogP contribution in [0.2, 0.25) is 0 Å². The molecular weight excluding hydrogens is 450 g/mol. The lowest BCUT2D eigenvalue weighted by Gasteiger charge is -2.12. The molecule has 1 aromatic heterocycles. The summed E-state index contributed by atoms with van der Waals surface area (Å²) in [6, 6.07) is 9.45. The normalized spacial score (nSPS) is 13.4. The summed E-state index contributed by atoms with van der Waals surface area (Å²) in [5.41, 5.74) is 1.12. The van der Waals surface area contributed by atoms with E-state index in [1.54, 1.807) is 19.9 Å². The number of esters is 2. The van der Waals surface area contributed by atoms with Gasteiger partial charge in [-0.3, -0.25) is 9.59 Å². The molecule has 4 rings (SSSR count). The molecule has 1 aliphatic rings. The first-order valence-corrected chi connectivity index (χ1v) is 11.4. The molecule has 0 amide bonds. The summed E-state index contributed by atoms with van der Waals surface area (Å²) in [5.74, 6) is -4.26. The molecular formula is C27H25NO7. The largest absolute Gasteiger partial charge is 0.506 e. The van der Waals surface area contributed by atoms with Crippen molar-refractivity contribution in [1.82, 2.24) is 4.98 Å². The lowest BCUT2D eigenvalue weighted by molar-refractivity contribution is 0.0478. The van der Waals surface area contributed by atoms with Crippen LogP contribution in [0, 0.1) is 0 Å². The van der Waals surface area contributed by atoms with Gasteiger partial charge in [0.25, 0.3) is 0 Å². The van der Waals surface area contributed by atoms with Gasteiger partial charge in [-0.2, -0.15) is 0 Å². The molecule has 0 spiro atoms. The number of aromatic nitrogens is 1. The van der Waals surface area contributed by atoms with Crippen molar-refractivity contribution in [2.75, 3.05) is 13.2 Å². The minimum Gasteiger partial charge on any atom is -0.506 e. The summed E-state index contributed by atoms with van der Waals surface area (Å²) in [5, 5.41) is 11.4. The first-order chi connectivity index (χ1) is 16.7. The van der Waals surface area contributed by atoms with Crippen LogP contribution < -0.4 is 0 Å². The van der Waals surface area contributed by atoms with E-state index in [1.165, 1.54) is 18.2 Å². The maximum Gasteiger partial charge on any atom is 0.339 e. The van der Waals surface area contributed by atoms with Crippen LogP contribution in [0.3, 0.4) is 0 Å². The van der Waals surface area contributed by atoms with Crippen molar-refractivity contribution in [3.63, 3.8) is 0 Å². The number of hydrogen-bond acceptors (Lipinski definition) is 8. The van der Waals surface area contributed by atoms with Crippen LogP contribution in [0.15, 0.2) is 36.4 Å². The molecule has 0 bridgehead atoms. The van der Waals surface area contributed by atoms with Crippen molar-refractivity contribution in [1.29, 1.82) is 0 Å². The Morgan fingerprint density at radius 1 is 0.914 bits per heavy atom. The average Bonchev–Trinajstić information content (AvgIpc) is 3.06. The Labute approximate surface area is 201 Å².